The molecule has 2 aromatic carbocycles. The van der Waals surface area contributed by atoms with Crippen molar-refractivity contribution in [2.75, 3.05) is 11.9 Å². The summed E-state index contributed by atoms with van der Waals surface area (Å²) in [6.45, 7) is 0.533. The van der Waals surface area contributed by atoms with E-state index in [-0.39, 0.29) is 16.9 Å². The van der Waals surface area contributed by atoms with Gasteiger partial charge in [0.15, 0.2) is 0 Å². The molecule has 26 heavy (non-hydrogen) atoms. The third kappa shape index (κ3) is 5.43. The summed E-state index contributed by atoms with van der Waals surface area (Å²) in [5, 5.41) is 25.4. The zero-order valence-corrected chi connectivity index (χ0v) is 15.2. The standard InChI is InChI=1S/C18H15BrN4O3/c19-15-7-5-13(6-8-15)9-10-21-12-14(11-20)18(24)22-16-3-1-2-4-17(16)23(25)26/h1-8,12,21H,9-10H2,(H,22,24)/b14-12-. The summed E-state index contributed by atoms with van der Waals surface area (Å²) < 4.78 is 0.993. The van der Waals surface area contributed by atoms with Gasteiger partial charge in [-0.3, -0.25) is 14.9 Å². The number of nitro groups is 1. The fourth-order valence-electron chi connectivity index (χ4n) is 2.12. The molecule has 132 valence electrons. The van der Waals surface area contributed by atoms with Gasteiger partial charge in [0.2, 0.25) is 0 Å². The van der Waals surface area contributed by atoms with E-state index in [2.05, 4.69) is 26.6 Å². The van der Waals surface area contributed by atoms with Crippen molar-refractivity contribution >= 4 is 33.2 Å². The first-order valence-electron chi connectivity index (χ1n) is 7.64. The van der Waals surface area contributed by atoms with Crippen molar-refractivity contribution < 1.29 is 9.72 Å². The lowest BCUT2D eigenvalue weighted by Gasteiger charge is -2.06. The Labute approximate surface area is 158 Å². The number of nitrogens with one attached hydrogen (secondary N) is 2. The highest BCUT2D eigenvalue weighted by molar-refractivity contribution is 9.10. The predicted molar refractivity (Wildman–Crippen MR) is 101 cm³/mol. The van der Waals surface area contributed by atoms with Crippen molar-refractivity contribution in [1.29, 1.82) is 5.26 Å². The molecule has 0 atom stereocenters. The number of hydrogen-bond donors (Lipinski definition) is 2. The average molecular weight is 415 g/mol. The molecule has 0 aliphatic heterocycles. The second-order valence-corrected chi connectivity index (χ2v) is 6.14. The lowest BCUT2D eigenvalue weighted by molar-refractivity contribution is -0.383. The van der Waals surface area contributed by atoms with Crippen LogP contribution in [0.3, 0.4) is 0 Å². The predicted octanol–water partition coefficient (Wildman–Crippen LogP) is 3.54. The topological polar surface area (TPSA) is 108 Å². The molecule has 8 heteroatoms. The summed E-state index contributed by atoms with van der Waals surface area (Å²) in [6.07, 6.45) is 2.03. The van der Waals surface area contributed by atoms with Crippen LogP contribution in [-0.4, -0.2) is 17.4 Å². The molecular formula is C18H15BrN4O3. The fourth-order valence-corrected chi connectivity index (χ4v) is 2.38. The molecule has 0 unspecified atom stereocenters. The molecule has 0 aliphatic carbocycles. The van der Waals surface area contributed by atoms with E-state index in [4.69, 9.17) is 5.26 Å². The Kier molecular flexibility index (Phi) is 6.88. The molecule has 0 heterocycles. The van der Waals surface area contributed by atoms with Crippen LogP contribution in [0, 0.1) is 21.4 Å². The van der Waals surface area contributed by atoms with Crippen molar-refractivity contribution in [2.24, 2.45) is 0 Å². The monoisotopic (exact) mass is 414 g/mol. The third-order valence-electron chi connectivity index (χ3n) is 3.43. The first-order chi connectivity index (χ1) is 12.5. The van der Waals surface area contributed by atoms with Gasteiger partial charge in [-0.2, -0.15) is 5.26 Å². The van der Waals surface area contributed by atoms with Gasteiger partial charge in [-0.25, -0.2) is 0 Å². The highest BCUT2D eigenvalue weighted by Gasteiger charge is 2.16. The summed E-state index contributed by atoms with van der Waals surface area (Å²) in [5.74, 6) is -0.710. The number of amides is 1. The maximum atomic E-state index is 12.2. The normalized spacial score (nSPS) is 10.7. The third-order valence-corrected chi connectivity index (χ3v) is 3.96. The van der Waals surface area contributed by atoms with E-state index in [1.165, 1.54) is 24.4 Å². The molecule has 2 rings (SSSR count). The summed E-state index contributed by atoms with van der Waals surface area (Å²) in [7, 11) is 0. The van der Waals surface area contributed by atoms with Gasteiger partial charge in [-0.1, -0.05) is 40.2 Å². The molecule has 0 saturated carbocycles. The van der Waals surface area contributed by atoms with Crippen molar-refractivity contribution in [1.82, 2.24) is 5.32 Å². The fraction of sp³-hybridized carbons (Fsp3) is 0.111. The molecule has 0 fully saturated rings. The molecule has 2 N–H and O–H groups in total. The van der Waals surface area contributed by atoms with Gasteiger partial charge in [-0.05, 0) is 30.2 Å². The van der Waals surface area contributed by atoms with Crippen molar-refractivity contribution in [3.05, 3.63) is 80.5 Å². The van der Waals surface area contributed by atoms with Crippen molar-refractivity contribution in [2.45, 2.75) is 6.42 Å². The maximum Gasteiger partial charge on any atom is 0.292 e. The van der Waals surface area contributed by atoms with Gasteiger partial charge in [0.1, 0.15) is 17.3 Å². The van der Waals surface area contributed by atoms with Gasteiger partial charge in [-0.15, -0.1) is 0 Å². The molecule has 0 spiro atoms. The SMILES string of the molecule is N#C/C(=C/NCCc1ccc(Br)cc1)C(=O)Nc1ccccc1[N+](=O)[O-]. The number of carbonyl (C=O) groups is 1. The summed E-state index contributed by atoms with van der Waals surface area (Å²) in [5.41, 5.74) is 0.746. The van der Waals surface area contributed by atoms with E-state index < -0.39 is 10.8 Å². The minimum absolute atomic E-state index is 0.0403. The molecular weight excluding hydrogens is 400 g/mol. The Hall–Kier alpha value is -3.18. The van der Waals surface area contributed by atoms with Crippen LogP contribution in [0.25, 0.3) is 0 Å². The minimum atomic E-state index is -0.710. The lowest BCUT2D eigenvalue weighted by atomic mass is 10.1. The van der Waals surface area contributed by atoms with Crippen LogP contribution >= 0.6 is 15.9 Å². The van der Waals surface area contributed by atoms with E-state index in [0.29, 0.717) is 13.0 Å². The molecule has 0 aliphatic rings. The first kappa shape index (κ1) is 19.1. The van der Waals surface area contributed by atoms with Crippen LogP contribution in [0.15, 0.2) is 64.8 Å². The molecule has 0 radical (unpaired) electrons. The zero-order chi connectivity index (χ0) is 18.9. The average Bonchev–Trinajstić information content (AvgIpc) is 2.63. The summed E-state index contributed by atoms with van der Waals surface area (Å²) in [4.78, 5) is 22.5. The highest BCUT2D eigenvalue weighted by Crippen LogP contribution is 2.23. The molecule has 0 aromatic heterocycles. The first-order valence-corrected chi connectivity index (χ1v) is 8.43. The molecule has 2 aromatic rings. The van der Waals surface area contributed by atoms with Crippen molar-refractivity contribution in [3.63, 3.8) is 0 Å². The largest absolute Gasteiger partial charge is 0.389 e. The van der Waals surface area contributed by atoms with Crippen LogP contribution in [-0.2, 0) is 11.2 Å². The Morgan fingerprint density at radius 1 is 1.23 bits per heavy atom. The van der Waals surface area contributed by atoms with E-state index >= 15 is 0 Å². The Balaban J connectivity index is 1.96. The number of para-hydroxylation sites is 2. The number of hydrogen-bond acceptors (Lipinski definition) is 5. The van der Waals surface area contributed by atoms with E-state index in [9.17, 15) is 14.9 Å². The molecule has 0 bridgehead atoms. The van der Waals surface area contributed by atoms with E-state index in [0.717, 1.165) is 10.0 Å². The molecule has 1 amide bonds. The Morgan fingerprint density at radius 2 is 1.92 bits per heavy atom. The van der Waals surface area contributed by atoms with Crippen LogP contribution in [0.2, 0.25) is 0 Å². The number of nitrogens with zero attached hydrogens (tertiary/aromatic N) is 2. The van der Waals surface area contributed by atoms with Gasteiger partial charge >= 0.3 is 0 Å². The second kappa shape index (κ2) is 9.34. The van der Waals surface area contributed by atoms with Gasteiger partial charge in [0, 0.05) is 23.3 Å². The number of benzene rings is 2. The minimum Gasteiger partial charge on any atom is -0.389 e. The van der Waals surface area contributed by atoms with Gasteiger partial charge < -0.3 is 10.6 Å². The van der Waals surface area contributed by atoms with Gasteiger partial charge in [0.25, 0.3) is 11.6 Å². The summed E-state index contributed by atoms with van der Waals surface area (Å²) in [6, 6.07) is 15.4. The summed E-state index contributed by atoms with van der Waals surface area (Å²) >= 11 is 3.36. The number of nitro benzene ring substituents is 1. The van der Waals surface area contributed by atoms with Crippen molar-refractivity contribution in [3.8, 4) is 6.07 Å². The number of carbonyl (C=O) groups excluding carboxylic acids is 1. The number of halogens is 1. The second-order valence-electron chi connectivity index (χ2n) is 5.23. The van der Waals surface area contributed by atoms with Crippen LogP contribution in [0.5, 0.6) is 0 Å². The number of nitriles is 1. The molecule has 0 saturated heterocycles. The number of rotatable bonds is 7. The van der Waals surface area contributed by atoms with Crippen LogP contribution in [0.4, 0.5) is 11.4 Å². The number of anilines is 1. The van der Waals surface area contributed by atoms with E-state index in [1.807, 2.05) is 24.3 Å². The quantitative estimate of drug-likeness (QED) is 0.237. The van der Waals surface area contributed by atoms with Gasteiger partial charge in [0.05, 0.1) is 4.92 Å². The molecule has 7 nitrogen and oxygen atoms in total. The van der Waals surface area contributed by atoms with Crippen LogP contribution in [0.1, 0.15) is 5.56 Å². The Morgan fingerprint density at radius 3 is 2.58 bits per heavy atom. The highest BCUT2D eigenvalue weighted by atomic mass is 79.9. The Bertz CT molecular complexity index is 873. The smallest absolute Gasteiger partial charge is 0.292 e. The zero-order valence-electron chi connectivity index (χ0n) is 13.6. The maximum absolute atomic E-state index is 12.2. The lowest BCUT2D eigenvalue weighted by Crippen LogP contribution is -2.18. The van der Waals surface area contributed by atoms with E-state index in [1.54, 1.807) is 12.1 Å². The van der Waals surface area contributed by atoms with Crippen LogP contribution < -0.4 is 10.6 Å².